The number of amides is 1. The molecular formula is C12H13N3O2S. The molecule has 94 valence electrons. The van der Waals surface area contributed by atoms with E-state index in [4.69, 9.17) is 4.52 Å². The average Bonchev–Trinajstić information content (AvgIpc) is 2.75. The van der Waals surface area contributed by atoms with Crippen molar-refractivity contribution in [3.63, 3.8) is 0 Å². The van der Waals surface area contributed by atoms with Gasteiger partial charge < -0.3 is 9.84 Å². The van der Waals surface area contributed by atoms with Gasteiger partial charge in [0.1, 0.15) is 0 Å². The van der Waals surface area contributed by atoms with Crippen LogP contribution in [-0.4, -0.2) is 22.6 Å². The number of thiol groups is 1. The van der Waals surface area contributed by atoms with Crippen molar-refractivity contribution in [2.24, 2.45) is 0 Å². The minimum Gasteiger partial charge on any atom is -0.352 e. The Hall–Kier alpha value is -1.82. The Kier molecular flexibility index (Phi) is 3.99. The summed E-state index contributed by atoms with van der Waals surface area (Å²) in [6, 6.07) is 7.07. The summed E-state index contributed by atoms with van der Waals surface area (Å²) in [7, 11) is 0. The Morgan fingerprint density at radius 1 is 1.50 bits per heavy atom. The molecular weight excluding hydrogens is 250 g/mol. The second kappa shape index (κ2) is 5.68. The van der Waals surface area contributed by atoms with Crippen molar-refractivity contribution in [2.75, 3.05) is 6.54 Å². The van der Waals surface area contributed by atoms with Gasteiger partial charge in [-0.25, -0.2) is 0 Å². The molecule has 0 atom stereocenters. The van der Waals surface area contributed by atoms with E-state index in [1.807, 2.05) is 6.07 Å². The Morgan fingerprint density at radius 2 is 2.33 bits per heavy atom. The number of hydrogen-bond acceptors (Lipinski definition) is 5. The van der Waals surface area contributed by atoms with Gasteiger partial charge in [0, 0.05) is 23.4 Å². The first-order chi connectivity index (χ1) is 8.65. The van der Waals surface area contributed by atoms with Crippen LogP contribution in [0.15, 0.2) is 33.7 Å². The monoisotopic (exact) mass is 263 g/mol. The van der Waals surface area contributed by atoms with Crippen molar-refractivity contribution in [1.29, 1.82) is 0 Å². The van der Waals surface area contributed by atoms with Crippen LogP contribution < -0.4 is 5.32 Å². The maximum atomic E-state index is 11.8. The smallest absolute Gasteiger partial charge is 0.251 e. The van der Waals surface area contributed by atoms with Gasteiger partial charge >= 0.3 is 0 Å². The van der Waals surface area contributed by atoms with Crippen LogP contribution >= 0.6 is 12.6 Å². The molecule has 0 aliphatic rings. The van der Waals surface area contributed by atoms with Crippen LogP contribution in [-0.2, 0) is 6.42 Å². The molecule has 1 aromatic heterocycles. The highest BCUT2D eigenvalue weighted by molar-refractivity contribution is 7.80. The van der Waals surface area contributed by atoms with E-state index in [0.717, 1.165) is 4.90 Å². The zero-order chi connectivity index (χ0) is 13.0. The number of hydrogen-bond donors (Lipinski definition) is 2. The molecule has 0 unspecified atom stereocenters. The minimum atomic E-state index is -0.137. The second-order valence-electron chi connectivity index (χ2n) is 3.79. The Labute approximate surface area is 110 Å². The molecule has 0 saturated carbocycles. The van der Waals surface area contributed by atoms with Gasteiger partial charge in [-0.3, -0.25) is 4.79 Å². The van der Waals surface area contributed by atoms with E-state index in [2.05, 4.69) is 28.1 Å². The summed E-state index contributed by atoms with van der Waals surface area (Å²) in [5.41, 5.74) is 0.587. The van der Waals surface area contributed by atoms with E-state index in [9.17, 15) is 4.79 Å². The second-order valence-corrected chi connectivity index (χ2v) is 4.31. The third kappa shape index (κ3) is 3.33. The van der Waals surface area contributed by atoms with Gasteiger partial charge in [-0.1, -0.05) is 11.2 Å². The molecule has 0 radical (unpaired) electrons. The Balaban J connectivity index is 1.85. The van der Waals surface area contributed by atoms with Crippen LogP contribution in [0.4, 0.5) is 0 Å². The van der Waals surface area contributed by atoms with Gasteiger partial charge in [-0.15, -0.1) is 12.6 Å². The summed E-state index contributed by atoms with van der Waals surface area (Å²) in [6.07, 6.45) is 0.521. The fraction of sp³-hybridized carbons (Fsp3) is 0.250. The summed E-state index contributed by atoms with van der Waals surface area (Å²) >= 11 is 4.19. The normalized spacial score (nSPS) is 10.3. The molecule has 5 nitrogen and oxygen atoms in total. The summed E-state index contributed by atoms with van der Waals surface area (Å²) in [5.74, 6) is 0.983. The molecule has 0 spiro atoms. The molecule has 1 heterocycles. The Morgan fingerprint density at radius 3 is 3.00 bits per heavy atom. The number of carbonyl (C=O) groups is 1. The van der Waals surface area contributed by atoms with Crippen LogP contribution in [0.3, 0.4) is 0 Å². The van der Waals surface area contributed by atoms with Crippen molar-refractivity contribution in [2.45, 2.75) is 18.2 Å². The van der Waals surface area contributed by atoms with Crippen LogP contribution in [0.2, 0.25) is 0 Å². The minimum absolute atomic E-state index is 0.137. The molecule has 2 aromatic rings. The molecule has 1 N–H and O–H groups in total. The van der Waals surface area contributed by atoms with Crippen LogP contribution in [0.5, 0.6) is 0 Å². The van der Waals surface area contributed by atoms with E-state index in [-0.39, 0.29) is 5.91 Å². The third-order valence-corrected chi connectivity index (χ3v) is 2.58. The number of nitrogens with one attached hydrogen (secondary N) is 1. The molecule has 0 aliphatic carbocycles. The van der Waals surface area contributed by atoms with E-state index in [1.54, 1.807) is 25.1 Å². The highest BCUT2D eigenvalue weighted by atomic mass is 32.1. The highest BCUT2D eigenvalue weighted by Gasteiger charge is 2.06. The lowest BCUT2D eigenvalue weighted by Crippen LogP contribution is -2.25. The lowest BCUT2D eigenvalue weighted by Gasteiger charge is -2.03. The van der Waals surface area contributed by atoms with E-state index >= 15 is 0 Å². The standard InChI is InChI=1S/C12H13N3O2S/c1-8-14-11(17-15-8)5-6-13-12(16)9-3-2-4-10(18)7-9/h2-4,7,18H,5-6H2,1H3,(H,13,16). The molecule has 1 amide bonds. The van der Waals surface area contributed by atoms with E-state index in [0.29, 0.717) is 30.2 Å². The molecule has 1 aromatic carbocycles. The molecule has 2 rings (SSSR count). The van der Waals surface area contributed by atoms with Gasteiger partial charge in [0.15, 0.2) is 5.82 Å². The number of benzene rings is 1. The molecule has 18 heavy (non-hydrogen) atoms. The number of carbonyl (C=O) groups excluding carboxylic acids is 1. The highest BCUT2D eigenvalue weighted by Crippen LogP contribution is 2.08. The zero-order valence-electron chi connectivity index (χ0n) is 9.88. The number of aryl methyl sites for hydroxylation is 1. The SMILES string of the molecule is Cc1noc(CCNC(=O)c2cccc(S)c2)n1. The molecule has 0 aliphatic heterocycles. The molecule has 6 heteroatoms. The third-order valence-electron chi connectivity index (χ3n) is 2.30. The van der Waals surface area contributed by atoms with Gasteiger partial charge in [0.05, 0.1) is 0 Å². The van der Waals surface area contributed by atoms with Crippen molar-refractivity contribution in [3.05, 3.63) is 41.5 Å². The quantitative estimate of drug-likeness (QED) is 0.823. The summed E-state index contributed by atoms with van der Waals surface area (Å²) in [4.78, 5) is 16.6. The zero-order valence-corrected chi connectivity index (χ0v) is 10.8. The number of rotatable bonds is 4. The van der Waals surface area contributed by atoms with Crippen LogP contribution in [0, 0.1) is 6.92 Å². The largest absolute Gasteiger partial charge is 0.352 e. The molecule has 0 bridgehead atoms. The summed E-state index contributed by atoms with van der Waals surface area (Å²) < 4.78 is 4.95. The summed E-state index contributed by atoms with van der Waals surface area (Å²) in [6.45, 7) is 2.21. The van der Waals surface area contributed by atoms with Crippen LogP contribution in [0.1, 0.15) is 22.1 Å². The molecule has 0 saturated heterocycles. The maximum Gasteiger partial charge on any atom is 0.251 e. The van der Waals surface area contributed by atoms with E-state index < -0.39 is 0 Å². The lowest BCUT2D eigenvalue weighted by atomic mass is 10.2. The summed E-state index contributed by atoms with van der Waals surface area (Å²) in [5, 5.41) is 6.46. The number of aromatic nitrogens is 2. The predicted molar refractivity (Wildman–Crippen MR) is 68.8 cm³/mol. The van der Waals surface area contributed by atoms with Crippen molar-refractivity contribution >= 4 is 18.5 Å². The Bertz CT molecular complexity index is 554. The fourth-order valence-electron chi connectivity index (χ4n) is 1.47. The average molecular weight is 263 g/mol. The van der Waals surface area contributed by atoms with E-state index in [1.165, 1.54) is 0 Å². The van der Waals surface area contributed by atoms with Crippen molar-refractivity contribution in [3.8, 4) is 0 Å². The van der Waals surface area contributed by atoms with Crippen molar-refractivity contribution < 1.29 is 9.32 Å². The first-order valence-corrected chi connectivity index (χ1v) is 5.96. The van der Waals surface area contributed by atoms with Crippen molar-refractivity contribution in [1.82, 2.24) is 15.5 Å². The van der Waals surface area contributed by atoms with Gasteiger partial charge in [-0.05, 0) is 25.1 Å². The molecule has 0 fully saturated rings. The fourth-order valence-corrected chi connectivity index (χ4v) is 1.70. The van der Waals surface area contributed by atoms with Gasteiger partial charge in [0.2, 0.25) is 5.89 Å². The first-order valence-electron chi connectivity index (χ1n) is 5.51. The number of nitrogens with zero attached hydrogens (tertiary/aromatic N) is 2. The lowest BCUT2D eigenvalue weighted by molar-refractivity contribution is 0.0953. The predicted octanol–water partition coefficient (Wildman–Crippen LogP) is 1.64. The van der Waals surface area contributed by atoms with Crippen LogP contribution in [0.25, 0.3) is 0 Å². The van der Waals surface area contributed by atoms with Gasteiger partial charge in [0.25, 0.3) is 5.91 Å². The van der Waals surface area contributed by atoms with Gasteiger partial charge in [-0.2, -0.15) is 4.98 Å². The maximum absolute atomic E-state index is 11.8. The first kappa shape index (κ1) is 12.6. The topological polar surface area (TPSA) is 68.0 Å².